The van der Waals surface area contributed by atoms with Crippen molar-refractivity contribution in [2.75, 3.05) is 5.32 Å². The van der Waals surface area contributed by atoms with Crippen molar-refractivity contribution in [3.63, 3.8) is 0 Å². The average molecular weight is 405 g/mol. The second-order valence-electron chi connectivity index (χ2n) is 4.95. The first-order valence-electron chi connectivity index (χ1n) is 6.95. The Labute approximate surface area is 150 Å². The van der Waals surface area contributed by atoms with Crippen LogP contribution in [0.5, 0.6) is 0 Å². The molecule has 0 saturated heterocycles. The number of aromatic nitrogens is 2. The fraction of sp³-hybridized carbons (Fsp3) is 0. The minimum atomic E-state index is -0.524. The first-order chi connectivity index (χ1) is 11.5. The maximum atomic E-state index is 12.2. The van der Waals surface area contributed by atoms with Gasteiger partial charge in [-0.15, -0.1) is 0 Å². The molecule has 0 atom stereocenters. The van der Waals surface area contributed by atoms with E-state index in [4.69, 9.17) is 11.6 Å². The van der Waals surface area contributed by atoms with Gasteiger partial charge in [-0.2, -0.15) is 0 Å². The van der Waals surface area contributed by atoms with E-state index in [1.807, 2.05) is 6.07 Å². The lowest BCUT2D eigenvalue weighted by molar-refractivity contribution is 0.102. The van der Waals surface area contributed by atoms with Crippen LogP contribution in [0.1, 0.15) is 10.4 Å². The molecule has 3 rings (SSSR count). The Hall–Kier alpha value is -2.44. The summed E-state index contributed by atoms with van der Waals surface area (Å²) in [5, 5.41) is 3.25. The van der Waals surface area contributed by atoms with Crippen LogP contribution < -0.4 is 10.9 Å². The maximum Gasteiger partial charge on any atom is 0.264 e. The topological polar surface area (TPSA) is 74.8 Å². The summed E-state index contributed by atoms with van der Waals surface area (Å²) in [5.41, 5.74) is 0.709. The Kier molecular flexibility index (Phi) is 4.78. The standard InChI is InChI=1S/C17H11BrClN3O2/c18-11-2-1-3-13(8-11)21-16(23)14-9-20-15(22-17(14)24)10-4-6-12(19)7-5-10/h1-9H,(H,21,23)(H,20,22,24). The smallest absolute Gasteiger partial charge is 0.264 e. The van der Waals surface area contributed by atoms with Gasteiger partial charge in [0.05, 0.1) is 0 Å². The maximum absolute atomic E-state index is 12.2. The minimum absolute atomic E-state index is 0.0623. The molecule has 0 saturated carbocycles. The highest BCUT2D eigenvalue weighted by molar-refractivity contribution is 9.10. The van der Waals surface area contributed by atoms with Gasteiger partial charge in [0.25, 0.3) is 11.5 Å². The largest absolute Gasteiger partial charge is 0.322 e. The molecule has 120 valence electrons. The van der Waals surface area contributed by atoms with Crippen molar-refractivity contribution >= 4 is 39.1 Å². The molecule has 7 heteroatoms. The van der Waals surface area contributed by atoms with Crippen LogP contribution in [-0.4, -0.2) is 15.9 Å². The van der Waals surface area contributed by atoms with Gasteiger partial charge in [0, 0.05) is 26.9 Å². The van der Waals surface area contributed by atoms with Gasteiger partial charge in [-0.25, -0.2) is 4.98 Å². The summed E-state index contributed by atoms with van der Waals surface area (Å²) in [6.45, 7) is 0. The molecule has 0 aliphatic heterocycles. The molecule has 24 heavy (non-hydrogen) atoms. The van der Waals surface area contributed by atoms with Gasteiger partial charge in [0.1, 0.15) is 11.4 Å². The van der Waals surface area contributed by atoms with Crippen LogP contribution in [0.15, 0.2) is 64.0 Å². The number of nitrogens with one attached hydrogen (secondary N) is 2. The van der Waals surface area contributed by atoms with E-state index in [-0.39, 0.29) is 5.56 Å². The lowest BCUT2D eigenvalue weighted by Gasteiger charge is -2.06. The number of rotatable bonds is 3. The van der Waals surface area contributed by atoms with Crippen molar-refractivity contribution in [2.45, 2.75) is 0 Å². The molecule has 3 aromatic rings. The van der Waals surface area contributed by atoms with Gasteiger partial charge in [0.2, 0.25) is 0 Å². The predicted octanol–water partition coefficient (Wildman–Crippen LogP) is 4.11. The van der Waals surface area contributed by atoms with Gasteiger partial charge >= 0.3 is 0 Å². The van der Waals surface area contributed by atoms with E-state index in [1.165, 1.54) is 6.20 Å². The van der Waals surface area contributed by atoms with Crippen LogP contribution in [0.2, 0.25) is 5.02 Å². The Morgan fingerprint density at radius 1 is 1.17 bits per heavy atom. The number of anilines is 1. The summed E-state index contributed by atoms with van der Waals surface area (Å²) < 4.78 is 0.824. The van der Waals surface area contributed by atoms with Crippen LogP contribution in [-0.2, 0) is 0 Å². The molecular weight excluding hydrogens is 394 g/mol. The average Bonchev–Trinajstić information content (AvgIpc) is 2.55. The number of hydrogen-bond donors (Lipinski definition) is 2. The van der Waals surface area contributed by atoms with Crippen LogP contribution in [0.4, 0.5) is 5.69 Å². The zero-order valence-corrected chi connectivity index (χ0v) is 14.6. The monoisotopic (exact) mass is 403 g/mol. The zero-order valence-electron chi connectivity index (χ0n) is 12.2. The molecule has 1 amide bonds. The molecule has 5 nitrogen and oxygen atoms in total. The van der Waals surface area contributed by atoms with Crippen molar-refractivity contribution in [3.8, 4) is 11.4 Å². The van der Waals surface area contributed by atoms with E-state index in [0.717, 1.165) is 4.47 Å². The van der Waals surface area contributed by atoms with Gasteiger partial charge < -0.3 is 10.3 Å². The third-order valence-corrected chi connectivity index (χ3v) is 3.99. The van der Waals surface area contributed by atoms with E-state index in [0.29, 0.717) is 22.1 Å². The SMILES string of the molecule is O=C(Nc1cccc(Br)c1)c1cnc(-c2ccc(Cl)cc2)[nH]c1=O. The number of halogens is 2. The van der Waals surface area contributed by atoms with Gasteiger partial charge in [-0.05, 0) is 42.5 Å². The molecular formula is C17H11BrClN3O2. The first-order valence-corrected chi connectivity index (χ1v) is 8.12. The minimum Gasteiger partial charge on any atom is -0.322 e. The van der Waals surface area contributed by atoms with Crippen molar-refractivity contribution in [3.05, 3.63) is 80.1 Å². The molecule has 0 radical (unpaired) electrons. The van der Waals surface area contributed by atoms with Crippen molar-refractivity contribution in [1.29, 1.82) is 0 Å². The van der Waals surface area contributed by atoms with Crippen LogP contribution >= 0.6 is 27.5 Å². The molecule has 0 spiro atoms. The summed E-state index contributed by atoms with van der Waals surface area (Å²) >= 11 is 9.16. The quantitative estimate of drug-likeness (QED) is 0.690. The molecule has 2 aromatic carbocycles. The van der Waals surface area contributed by atoms with E-state index in [1.54, 1.807) is 42.5 Å². The fourth-order valence-electron chi connectivity index (χ4n) is 2.08. The predicted molar refractivity (Wildman–Crippen MR) is 97.4 cm³/mol. The summed E-state index contributed by atoms with van der Waals surface area (Å²) in [5.74, 6) is -0.153. The first kappa shape index (κ1) is 16.4. The van der Waals surface area contributed by atoms with E-state index < -0.39 is 11.5 Å². The number of amides is 1. The second kappa shape index (κ2) is 6.98. The summed E-state index contributed by atoms with van der Waals surface area (Å²) in [6, 6.07) is 14.0. The summed E-state index contributed by atoms with van der Waals surface area (Å²) in [7, 11) is 0. The van der Waals surface area contributed by atoms with Gasteiger partial charge in [0.15, 0.2) is 0 Å². The number of H-pyrrole nitrogens is 1. The lowest BCUT2D eigenvalue weighted by Crippen LogP contribution is -2.24. The molecule has 2 N–H and O–H groups in total. The van der Waals surface area contributed by atoms with Crippen molar-refractivity contribution in [2.24, 2.45) is 0 Å². The van der Waals surface area contributed by atoms with E-state index in [9.17, 15) is 9.59 Å². The highest BCUT2D eigenvalue weighted by Crippen LogP contribution is 2.18. The molecule has 1 heterocycles. The number of nitrogens with zero attached hydrogens (tertiary/aromatic N) is 1. The van der Waals surface area contributed by atoms with Crippen LogP contribution in [0.25, 0.3) is 11.4 Å². The Morgan fingerprint density at radius 2 is 1.92 bits per heavy atom. The molecule has 0 bridgehead atoms. The number of carbonyl (C=O) groups excluding carboxylic acids is 1. The number of hydrogen-bond acceptors (Lipinski definition) is 3. The highest BCUT2D eigenvalue weighted by atomic mass is 79.9. The fourth-order valence-corrected chi connectivity index (χ4v) is 2.60. The molecule has 0 fully saturated rings. The number of carbonyl (C=O) groups is 1. The Bertz CT molecular complexity index is 955. The third kappa shape index (κ3) is 3.72. The van der Waals surface area contributed by atoms with E-state index >= 15 is 0 Å². The summed E-state index contributed by atoms with van der Waals surface area (Å²) in [6.07, 6.45) is 1.26. The third-order valence-electron chi connectivity index (χ3n) is 3.24. The lowest BCUT2D eigenvalue weighted by atomic mass is 10.2. The molecule has 0 aliphatic carbocycles. The van der Waals surface area contributed by atoms with Crippen molar-refractivity contribution < 1.29 is 4.79 Å². The summed E-state index contributed by atoms with van der Waals surface area (Å²) in [4.78, 5) is 31.2. The number of benzene rings is 2. The number of aromatic amines is 1. The van der Waals surface area contributed by atoms with Gasteiger partial charge in [-0.1, -0.05) is 33.6 Å². The Morgan fingerprint density at radius 3 is 2.58 bits per heavy atom. The highest BCUT2D eigenvalue weighted by Gasteiger charge is 2.13. The molecule has 0 aliphatic rings. The van der Waals surface area contributed by atoms with Crippen LogP contribution in [0, 0.1) is 0 Å². The molecule has 0 unspecified atom stereocenters. The zero-order chi connectivity index (χ0) is 17.1. The van der Waals surface area contributed by atoms with Crippen molar-refractivity contribution in [1.82, 2.24) is 9.97 Å². The van der Waals surface area contributed by atoms with Crippen LogP contribution in [0.3, 0.4) is 0 Å². The van der Waals surface area contributed by atoms with Gasteiger partial charge in [-0.3, -0.25) is 9.59 Å². The normalized spacial score (nSPS) is 10.4. The Balaban J connectivity index is 1.85. The molecule has 1 aromatic heterocycles. The second-order valence-corrected chi connectivity index (χ2v) is 6.30. The van der Waals surface area contributed by atoms with E-state index in [2.05, 4.69) is 31.2 Å².